The Morgan fingerprint density at radius 1 is 1.38 bits per heavy atom. The van der Waals surface area contributed by atoms with Crippen LogP contribution in [0.1, 0.15) is 59.8 Å². The number of hydrogen-bond acceptors (Lipinski definition) is 2. The van der Waals surface area contributed by atoms with Crippen LogP contribution in [0.15, 0.2) is 0 Å². The fraction of sp³-hybridized carbons (Fsp3) is 0.941. The molecule has 2 aliphatic rings. The summed E-state index contributed by atoms with van der Waals surface area (Å²) >= 11 is 0. The van der Waals surface area contributed by atoms with Crippen LogP contribution in [-0.4, -0.2) is 41.3 Å². The summed E-state index contributed by atoms with van der Waals surface area (Å²) in [5.74, 6) is 0.766. The zero-order chi connectivity index (χ0) is 15.6. The Bertz CT molecular complexity index is 368. The normalized spacial score (nSPS) is 34.3. The third-order valence-corrected chi connectivity index (χ3v) is 5.43. The molecule has 2 amide bonds. The van der Waals surface area contributed by atoms with Gasteiger partial charge in [0.15, 0.2) is 0 Å². The minimum Gasteiger partial charge on any atom is -0.393 e. The van der Waals surface area contributed by atoms with Gasteiger partial charge in [0.1, 0.15) is 0 Å². The van der Waals surface area contributed by atoms with E-state index in [0.29, 0.717) is 23.9 Å². The zero-order valence-electron chi connectivity index (χ0n) is 14.1. The number of carbonyl (C=O) groups excluding carboxylic acids is 1. The summed E-state index contributed by atoms with van der Waals surface area (Å²) in [7, 11) is 0. The van der Waals surface area contributed by atoms with Crippen LogP contribution in [0, 0.1) is 17.3 Å². The van der Waals surface area contributed by atoms with E-state index < -0.39 is 0 Å². The molecule has 2 rings (SSSR count). The lowest BCUT2D eigenvalue weighted by atomic mass is 9.70. The molecule has 1 saturated heterocycles. The molecule has 1 aliphatic carbocycles. The van der Waals surface area contributed by atoms with Gasteiger partial charge in [-0.1, -0.05) is 20.8 Å². The van der Waals surface area contributed by atoms with Crippen LogP contribution in [0.3, 0.4) is 0 Å². The second-order valence-electron chi connectivity index (χ2n) is 8.03. The zero-order valence-corrected chi connectivity index (χ0v) is 14.1. The van der Waals surface area contributed by atoms with Crippen LogP contribution in [0.4, 0.5) is 4.79 Å². The van der Waals surface area contributed by atoms with Gasteiger partial charge in [0, 0.05) is 25.0 Å². The minimum absolute atomic E-state index is 0.0666. The van der Waals surface area contributed by atoms with Crippen LogP contribution in [0.25, 0.3) is 0 Å². The molecule has 4 atom stereocenters. The van der Waals surface area contributed by atoms with E-state index >= 15 is 0 Å². The highest BCUT2D eigenvalue weighted by atomic mass is 16.3. The second kappa shape index (κ2) is 6.55. The summed E-state index contributed by atoms with van der Waals surface area (Å²) in [6, 6.07) is 0.370. The van der Waals surface area contributed by atoms with E-state index in [0.717, 1.165) is 25.8 Å². The molecule has 21 heavy (non-hydrogen) atoms. The fourth-order valence-electron chi connectivity index (χ4n) is 4.00. The Kier molecular flexibility index (Phi) is 5.18. The summed E-state index contributed by atoms with van der Waals surface area (Å²) in [5.41, 5.74) is 0.406. The van der Waals surface area contributed by atoms with Crippen molar-refractivity contribution in [2.45, 2.75) is 71.9 Å². The number of amides is 2. The molecule has 122 valence electrons. The van der Waals surface area contributed by atoms with E-state index in [1.165, 1.54) is 12.8 Å². The number of nitrogens with zero attached hydrogens (tertiary/aromatic N) is 1. The Balaban J connectivity index is 1.86. The van der Waals surface area contributed by atoms with Gasteiger partial charge >= 0.3 is 6.03 Å². The summed E-state index contributed by atoms with van der Waals surface area (Å²) in [6.45, 7) is 10.2. The standard InChI is InChI=1S/C17H32N2O2/c1-12-10-17(3,4)8-7-15(12)18-16(21)19-9-5-6-14(11-19)13(2)20/h12-15,20H,5-11H2,1-4H3,(H,18,21). The van der Waals surface area contributed by atoms with Gasteiger partial charge in [-0.25, -0.2) is 4.79 Å². The summed E-state index contributed by atoms with van der Waals surface area (Å²) in [6.07, 6.45) is 5.13. The molecular weight excluding hydrogens is 264 g/mol. The predicted molar refractivity (Wildman–Crippen MR) is 85.1 cm³/mol. The van der Waals surface area contributed by atoms with Gasteiger partial charge in [-0.15, -0.1) is 0 Å². The number of aliphatic hydroxyl groups is 1. The van der Waals surface area contributed by atoms with Crippen molar-refractivity contribution in [2.75, 3.05) is 13.1 Å². The van der Waals surface area contributed by atoms with Crippen LogP contribution in [0.2, 0.25) is 0 Å². The third kappa shape index (κ3) is 4.35. The van der Waals surface area contributed by atoms with Crippen molar-refractivity contribution in [1.29, 1.82) is 0 Å². The van der Waals surface area contributed by atoms with Gasteiger partial charge < -0.3 is 15.3 Å². The van der Waals surface area contributed by atoms with Gasteiger partial charge in [-0.05, 0) is 50.4 Å². The van der Waals surface area contributed by atoms with Gasteiger partial charge in [0.05, 0.1) is 6.10 Å². The van der Waals surface area contributed by atoms with Crippen molar-refractivity contribution >= 4 is 6.03 Å². The van der Waals surface area contributed by atoms with Gasteiger partial charge in [-0.3, -0.25) is 0 Å². The van der Waals surface area contributed by atoms with Crippen LogP contribution < -0.4 is 5.32 Å². The lowest BCUT2D eigenvalue weighted by Crippen LogP contribution is -2.52. The van der Waals surface area contributed by atoms with Crippen LogP contribution in [0.5, 0.6) is 0 Å². The van der Waals surface area contributed by atoms with Crippen LogP contribution >= 0.6 is 0 Å². The molecular formula is C17H32N2O2. The molecule has 2 fully saturated rings. The number of carbonyl (C=O) groups is 1. The lowest BCUT2D eigenvalue weighted by molar-refractivity contribution is 0.0707. The third-order valence-electron chi connectivity index (χ3n) is 5.43. The van der Waals surface area contributed by atoms with Crippen molar-refractivity contribution in [1.82, 2.24) is 10.2 Å². The largest absolute Gasteiger partial charge is 0.393 e. The number of piperidine rings is 1. The minimum atomic E-state index is -0.324. The second-order valence-corrected chi connectivity index (χ2v) is 8.03. The highest BCUT2D eigenvalue weighted by Gasteiger charge is 2.34. The molecule has 0 spiro atoms. The fourth-order valence-corrected chi connectivity index (χ4v) is 4.00. The lowest BCUT2D eigenvalue weighted by Gasteiger charge is -2.41. The van der Waals surface area contributed by atoms with Gasteiger partial charge in [0.2, 0.25) is 0 Å². The molecule has 0 aromatic rings. The monoisotopic (exact) mass is 296 g/mol. The molecule has 4 nitrogen and oxygen atoms in total. The van der Waals surface area contributed by atoms with E-state index in [-0.39, 0.29) is 18.1 Å². The summed E-state index contributed by atoms with van der Waals surface area (Å²) < 4.78 is 0. The topological polar surface area (TPSA) is 52.6 Å². The number of likely N-dealkylation sites (tertiary alicyclic amines) is 1. The number of nitrogens with one attached hydrogen (secondary N) is 1. The quantitative estimate of drug-likeness (QED) is 0.823. The number of urea groups is 1. The van der Waals surface area contributed by atoms with E-state index in [4.69, 9.17) is 0 Å². The molecule has 1 saturated carbocycles. The molecule has 0 aromatic carbocycles. The van der Waals surface area contributed by atoms with Crippen molar-refractivity contribution < 1.29 is 9.90 Å². The summed E-state index contributed by atoms with van der Waals surface area (Å²) in [5, 5.41) is 13.0. The Labute approximate surface area is 129 Å². The first kappa shape index (κ1) is 16.6. The molecule has 0 aromatic heterocycles. The maximum atomic E-state index is 12.5. The molecule has 0 radical (unpaired) electrons. The molecule has 4 heteroatoms. The van der Waals surface area contributed by atoms with Crippen molar-refractivity contribution in [2.24, 2.45) is 17.3 Å². The van der Waals surface area contributed by atoms with E-state index in [1.54, 1.807) is 0 Å². The maximum absolute atomic E-state index is 12.5. The SMILES string of the molecule is CC(O)C1CCCN(C(=O)NC2CCC(C)(C)CC2C)C1. The van der Waals surface area contributed by atoms with Gasteiger partial charge in [0.25, 0.3) is 0 Å². The van der Waals surface area contributed by atoms with E-state index in [2.05, 4.69) is 26.1 Å². The maximum Gasteiger partial charge on any atom is 0.317 e. The van der Waals surface area contributed by atoms with Crippen molar-refractivity contribution in [3.05, 3.63) is 0 Å². The molecule has 1 aliphatic heterocycles. The molecule has 0 bridgehead atoms. The first-order valence-corrected chi connectivity index (χ1v) is 8.52. The van der Waals surface area contributed by atoms with Crippen LogP contribution in [-0.2, 0) is 0 Å². The predicted octanol–water partition coefficient (Wildman–Crippen LogP) is 3.00. The Morgan fingerprint density at radius 3 is 2.71 bits per heavy atom. The van der Waals surface area contributed by atoms with Crippen molar-refractivity contribution in [3.63, 3.8) is 0 Å². The molecule has 2 N–H and O–H groups in total. The molecule has 4 unspecified atom stereocenters. The number of rotatable bonds is 2. The first-order valence-electron chi connectivity index (χ1n) is 8.52. The average molecular weight is 296 g/mol. The Morgan fingerprint density at radius 2 is 2.10 bits per heavy atom. The molecule has 1 heterocycles. The highest BCUT2D eigenvalue weighted by molar-refractivity contribution is 5.74. The number of hydrogen-bond donors (Lipinski definition) is 2. The van der Waals surface area contributed by atoms with Gasteiger partial charge in [-0.2, -0.15) is 0 Å². The van der Waals surface area contributed by atoms with Crippen molar-refractivity contribution in [3.8, 4) is 0 Å². The smallest absolute Gasteiger partial charge is 0.317 e. The summed E-state index contributed by atoms with van der Waals surface area (Å²) in [4.78, 5) is 14.4. The first-order chi connectivity index (χ1) is 9.78. The van der Waals surface area contributed by atoms with E-state index in [1.807, 2.05) is 11.8 Å². The highest BCUT2D eigenvalue weighted by Crippen LogP contribution is 2.38. The van der Waals surface area contributed by atoms with E-state index in [9.17, 15) is 9.90 Å². The average Bonchev–Trinajstić information content (AvgIpc) is 2.41. The number of aliphatic hydroxyl groups excluding tert-OH is 1. The Hall–Kier alpha value is -0.770.